The summed E-state index contributed by atoms with van der Waals surface area (Å²) >= 11 is 0. The van der Waals surface area contributed by atoms with Crippen molar-refractivity contribution >= 4 is 16.8 Å². The third kappa shape index (κ3) is 2.46. The van der Waals surface area contributed by atoms with Crippen molar-refractivity contribution in [2.24, 2.45) is 0 Å². The fourth-order valence-corrected chi connectivity index (χ4v) is 1.76. The number of hydrogen-bond donors (Lipinski definition) is 2. The van der Waals surface area contributed by atoms with Crippen molar-refractivity contribution in [3.05, 3.63) is 35.8 Å². The third-order valence-corrected chi connectivity index (χ3v) is 2.70. The molecule has 2 aromatic rings. The first-order valence-corrected chi connectivity index (χ1v) is 5.77. The lowest BCUT2D eigenvalue weighted by molar-refractivity contribution is 0.0955. The highest BCUT2D eigenvalue weighted by molar-refractivity contribution is 6.06. The summed E-state index contributed by atoms with van der Waals surface area (Å²) < 4.78 is 13.0. The van der Waals surface area contributed by atoms with Gasteiger partial charge in [0.25, 0.3) is 5.91 Å². The van der Waals surface area contributed by atoms with Crippen molar-refractivity contribution in [1.82, 2.24) is 10.3 Å². The normalized spacial score (nSPS) is 10.7. The van der Waals surface area contributed by atoms with Gasteiger partial charge in [-0.1, -0.05) is 13.3 Å². The van der Waals surface area contributed by atoms with Crippen molar-refractivity contribution in [2.45, 2.75) is 19.8 Å². The predicted molar refractivity (Wildman–Crippen MR) is 65.5 cm³/mol. The Morgan fingerprint density at radius 3 is 3.06 bits per heavy atom. The molecular formula is C13H15FN2O. The monoisotopic (exact) mass is 234 g/mol. The van der Waals surface area contributed by atoms with E-state index in [1.165, 1.54) is 12.1 Å². The topological polar surface area (TPSA) is 44.9 Å². The molecular weight excluding hydrogens is 219 g/mol. The highest BCUT2D eigenvalue weighted by atomic mass is 19.1. The highest BCUT2D eigenvalue weighted by Crippen LogP contribution is 2.18. The summed E-state index contributed by atoms with van der Waals surface area (Å²) in [6.45, 7) is 2.74. The molecule has 0 unspecified atom stereocenters. The van der Waals surface area contributed by atoms with Crippen LogP contribution in [-0.2, 0) is 0 Å². The van der Waals surface area contributed by atoms with Gasteiger partial charge in [-0.25, -0.2) is 4.39 Å². The summed E-state index contributed by atoms with van der Waals surface area (Å²) in [5.74, 6) is -0.423. The van der Waals surface area contributed by atoms with Crippen LogP contribution in [0.5, 0.6) is 0 Å². The Kier molecular flexibility index (Phi) is 3.42. The number of nitrogens with one attached hydrogen (secondary N) is 2. The number of carbonyl (C=O) groups is 1. The zero-order valence-corrected chi connectivity index (χ0v) is 9.72. The number of H-pyrrole nitrogens is 1. The second-order valence-corrected chi connectivity index (χ2v) is 4.00. The molecule has 2 N–H and O–H groups in total. The first-order chi connectivity index (χ1) is 8.22. The Bertz CT molecular complexity index is 533. The molecule has 0 aliphatic carbocycles. The molecule has 17 heavy (non-hydrogen) atoms. The smallest absolute Gasteiger partial charge is 0.253 e. The number of unbranched alkanes of at least 4 members (excludes halogenated alkanes) is 1. The van der Waals surface area contributed by atoms with Crippen LogP contribution in [0.25, 0.3) is 10.9 Å². The lowest BCUT2D eigenvalue weighted by Crippen LogP contribution is -2.23. The van der Waals surface area contributed by atoms with Gasteiger partial charge in [0.2, 0.25) is 0 Å². The van der Waals surface area contributed by atoms with Gasteiger partial charge in [-0.3, -0.25) is 4.79 Å². The van der Waals surface area contributed by atoms with E-state index in [1.807, 2.05) is 0 Å². The Morgan fingerprint density at radius 2 is 2.29 bits per heavy atom. The zero-order chi connectivity index (χ0) is 12.3. The first kappa shape index (κ1) is 11.6. The molecule has 90 valence electrons. The molecule has 1 aromatic heterocycles. The number of carbonyl (C=O) groups excluding carboxylic acids is 1. The van der Waals surface area contributed by atoms with Gasteiger partial charge >= 0.3 is 0 Å². The summed E-state index contributed by atoms with van der Waals surface area (Å²) in [7, 11) is 0. The van der Waals surface area contributed by atoms with E-state index in [0.717, 1.165) is 18.2 Å². The van der Waals surface area contributed by atoms with Crippen LogP contribution in [0.4, 0.5) is 4.39 Å². The third-order valence-electron chi connectivity index (χ3n) is 2.70. The molecule has 1 amide bonds. The maximum absolute atomic E-state index is 13.0. The molecule has 0 spiro atoms. The fourth-order valence-electron chi connectivity index (χ4n) is 1.76. The number of rotatable bonds is 4. The van der Waals surface area contributed by atoms with Gasteiger partial charge in [0.05, 0.1) is 5.56 Å². The molecule has 0 aliphatic rings. The van der Waals surface area contributed by atoms with Gasteiger partial charge in [0.1, 0.15) is 5.82 Å². The Morgan fingerprint density at radius 1 is 1.47 bits per heavy atom. The minimum Gasteiger partial charge on any atom is -0.360 e. The quantitative estimate of drug-likeness (QED) is 0.785. The average Bonchev–Trinajstić information content (AvgIpc) is 2.72. The van der Waals surface area contributed by atoms with Gasteiger partial charge in [-0.15, -0.1) is 0 Å². The molecule has 0 fully saturated rings. The molecule has 2 rings (SSSR count). The predicted octanol–water partition coefficient (Wildman–Crippen LogP) is 2.84. The first-order valence-electron chi connectivity index (χ1n) is 5.77. The molecule has 1 heterocycles. The largest absolute Gasteiger partial charge is 0.360 e. The Hall–Kier alpha value is -1.84. The van der Waals surface area contributed by atoms with Crippen LogP contribution in [0.1, 0.15) is 30.1 Å². The number of benzene rings is 1. The van der Waals surface area contributed by atoms with Gasteiger partial charge in [0, 0.05) is 23.6 Å². The van der Waals surface area contributed by atoms with Crippen molar-refractivity contribution in [2.75, 3.05) is 6.54 Å². The Labute approximate surface area is 99.0 Å². The summed E-state index contributed by atoms with van der Waals surface area (Å²) in [5.41, 5.74) is 1.21. The molecule has 0 saturated heterocycles. The van der Waals surface area contributed by atoms with E-state index in [2.05, 4.69) is 17.2 Å². The van der Waals surface area contributed by atoms with Crippen molar-refractivity contribution in [3.8, 4) is 0 Å². The average molecular weight is 234 g/mol. The highest BCUT2D eigenvalue weighted by Gasteiger charge is 2.11. The second kappa shape index (κ2) is 4.99. The lowest BCUT2D eigenvalue weighted by atomic mass is 10.1. The van der Waals surface area contributed by atoms with Crippen molar-refractivity contribution in [1.29, 1.82) is 0 Å². The van der Waals surface area contributed by atoms with E-state index in [1.54, 1.807) is 12.3 Å². The van der Waals surface area contributed by atoms with Gasteiger partial charge < -0.3 is 10.3 Å². The minimum atomic E-state index is -0.308. The maximum Gasteiger partial charge on any atom is 0.253 e. The SMILES string of the molecule is CCCCNC(=O)c1c[nH]c2cc(F)ccc12. The summed E-state index contributed by atoms with van der Waals surface area (Å²) in [4.78, 5) is 14.8. The van der Waals surface area contributed by atoms with Crippen LogP contribution in [-0.4, -0.2) is 17.4 Å². The van der Waals surface area contributed by atoms with E-state index < -0.39 is 0 Å². The van der Waals surface area contributed by atoms with E-state index in [4.69, 9.17) is 0 Å². The number of amides is 1. The van der Waals surface area contributed by atoms with Gasteiger partial charge in [0.15, 0.2) is 0 Å². The van der Waals surface area contributed by atoms with E-state index in [9.17, 15) is 9.18 Å². The summed E-state index contributed by atoms with van der Waals surface area (Å²) in [6.07, 6.45) is 3.62. The minimum absolute atomic E-state index is 0.115. The molecule has 3 nitrogen and oxygen atoms in total. The second-order valence-electron chi connectivity index (χ2n) is 4.00. The number of hydrogen-bond acceptors (Lipinski definition) is 1. The standard InChI is InChI=1S/C13H15FN2O/c1-2-3-6-15-13(17)11-8-16-12-7-9(14)4-5-10(11)12/h4-5,7-8,16H,2-3,6H2,1H3,(H,15,17). The number of aromatic amines is 1. The number of halogens is 1. The van der Waals surface area contributed by atoms with Crippen LogP contribution in [0.3, 0.4) is 0 Å². The van der Waals surface area contributed by atoms with Crippen molar-refractivity contribution in [3.63, 3.8) is 0 Å². The maximum atomic E-state index is 13.0. The zero-order valence-electron chi connectivity index (χ0n) is 9.72. The molecule has 0 aliphatic heterocycles. The van der Waals surface area contributed by atoms with Crippen LogP contribution < -0.4 is 5.32 Å². The number of aromatic nitrogens is 1. The Balaban J connectivity index is 2.21. The molecule has 0 atom stereocenters. The molecule has 1 aromatic carbocycles. The van der Waals surface area contributed by atoms with Crippen LogP contribution >= 0.6 is 0 Å². The lowest BCUT2D eigenvalue weighted by Gasteiger charge is -2.02. The summed E-state index contributed by atoms with van der Waals surface area (Å²) in [6, 6.07) is 4.37. The summed E-state index contributed by atoms with van der Waals surface area (Å²) in [5, 5.41) is 3.59. The van der Waals surface area contributed by atoms with Crippen LogP contribution in [0.2, 0.25) is 0 Å². The van der Waals surface area contributed by atoms with Gasteiger partial charge in [-0.05, 0) is 24.6 Å². The molecule has 4 heteroatoms. The van der Waals surface area contributed by atoms with E-state index in [0.29, 0.717) is 17.6 Å². The van der Waals surface area contributed by atoms with Gasteiger partial charge in [-0.2, -0.15) is 0 Å². The van der Waals surface area contributed by atoms with Crippen molar-refractivity contribution < 1.29 is 9.18 Å². The van der Waals surface area contributed by atoms with E-state index >= 15 is 0 Å². The van der Waals surface area contributed by atoms with Crippen LogP contribution in [0, 0.1) is 5.82 Å². The van der Waals surface area contributed by atoms with Crippen LogP contribution in [0.15, 0.2) is 24.4 Å². The molecule has 0 radical (unpaired) electrons. The molecule has 0 bridgehead atoms. The number of fused-ring (bicyclic) bond motifs is 1. The van der Waals surface area contributed by atoms with E-state index in [-0.39, 0.29) is 11.7 Å². The molecule has 0 saturated carbocycles. The fraction of sp³-hybridized carbons (Fsp3) is 0.308.